The van der Waals surface area contributed by atoms with Crippen molar-refractivity contribution in [1.82, 2.24) is 0 Å². The Kier molecular flexibility index (Phi) is 6.41. The second-order valence-corrected chi connectivity index (χ2v) is 3.86. The summed E-state index contributed by atoms with van der Waals surface area (Å²) in [6.45, 7) is 13.8. The molecular formula is C14H21N3. The van der Waals surface area contributed by atoms with E-state index in [2.05, 4.69) is 18.2 Å². The van der Waals surface area contributed by atoms with Gasteiger partial charge in [0.05, 0.1) is 0 Å². The van der Waals surface area contributed by atoms with Crippen molar-refractivity contribution in [2.45, 2.75) is 20.8 Å². The molecule has 0 bridgehead atoms. The van der Waals surface area contributed by atoms with Crippen molar-refractivity contribution in [2.24, 2.45) is 16.5 Å². The molecule has 0 saturated heterocycles. The summed E-state index contributed by atoms with van der Waals surface area (Å²) in [4.78, 5) is 3.78. The van der Waals surface area contributed by atoms with Crippen molar-refractivity contribution in [3.63, 3.8) is 0 Å². The molecule has 0 radical (unpaired) electrons. The van der Waals surface area contributed by atoms with Crippen LogP contribution in [0.4, 0.5) is 0 Å². The Balaban J connectivity index is 5.15. The van der Waals surface area contributed by atoms with Crippen LogP contribution in [-0.2, 0) is 0 Å². The fourth-order valence-electron chi connectivity index (χ4n) is 1.53. The van der Waals surface area contributed by atoms with Gasteiger partial charge < -0.3 is 11.5 Å². The summed E-state index contributed by atoms with van der Waals surface area (Å²) in [5, 5.41) is 0. The summed E-state index contributed by atoms with van der Waals surface area (Å²) >= 11 is 0. The van der Waals surface area contributed by atoms with Crippen LogP contribution >= 0.6 is 0 Å². The van der Waals surface area contributed by atoms with Crippen molar-refractivity contribution < 1.29 is 0 Å². The zero-order valence-electron chi connectivity index (χ0n) is 10.8. The van der Waals surface area contributed by atoms with Crippen LogP contribution in [0.3, 0.4) is 0 Å². The van der Waals surface area contributed by atoms with Gasteiger partial charge in [-0.3, -0.25) is 0 Å². The van der Waals surface area contributed by atoms with E-state index < -0.39 is 0 Å². The minimum absolute atomic E-state index is 0.0335. The second-order valence-electron chi connectivity index (χ2n) is 3.86. The fraction of sp³-hybridized carbons (Fsp3) is 0.214. The van der Waals surface area contributed by atoms with Gasteiger partial charge in [0.1, 0.15) is 0 Å². The van der Waals surface area contributed by atoms with E-state index >= 15 is 0 Å². The van der Waals surface area contributed by atoms with Crippen LogP contribution in [0.2, 0.25) is 0 Å². The lowest BCUT2D eigenvalue weighted by Crippen LogP contribution is -2.21. The molecule has 0 aliphatic carbocycles. The lowest BCUT2D eigenvalue weighted by molar-refractivity contribution is 1.25. The largest absolute Gasteiger partial charge is 0.370 e. The molecule has 0 aromatic carbocycles. The molecule has 0 heterocycles. The zero-order chi connectivity index (χ0) is 13.4. The predicted octanol–water partition coefficient (Wildman–Crippen LogP) is 2.80. The average molecular weight is 231 g/mol. The first-order chi connectivity index (χ1) is 7.90. The molecule has 3 nitrogen and oxygen atoms in total. The molecule has 0 amide bonds. The molecular weight excluding hydrogens is 210 g/mol. The highest BCUT2D eigenvalue weighted by Gasteiger charge is 2.03. The lowest BCUT2D eigenvalue weighted by Gasteiger charge is -2.10. The number of aliphatic imine (C=N–C) groups is 1. The van der Waals surface area contributed by atoms with Gasteiger partial charge in [-0.05, 0) is 43.6 Å². The quantitative estimate of drug-likeness (QED) is 0.434. The third kappa shape index (κ3) is 5.56. The number of nitrogens with two attached hydrogens (primary N) is 2. The molecule has 0 saturated carbocycles. The van der Waals surface area contributed by atoms with Gasteiger partial charge in [-0.2, -0.15) is 0 Å². The van der Waals surface area contributed by atoms with Gasteiger partial charge in [-0.25, -0.2) is 4.99 Å². The summed E-state index contributed by atoms with van der Waals surface area (Å²) in [7, 11) is 0. The third-order valence-electron chi connectivity index (χ3n) is 2.08. The van der Waals surface area contributed by atoms with E-state index in [0.29, 0.717) is 0 Å². The Morgan fingerprint density at radius 2 is 1.76 bits per heavy atom. The zero-order valence-corrected chi connectivity index (χ0v) is 10.8. The number of rotatable bonds is 5. The standard InChI is InChI=1S/C14H21N3/c1-6-7-11(4)13(10(2)3)12(5)8-9-17-14(15)16/h6-9H,1,5H2,2-4H3,(H4,15,16,17)/b9-8-,11-7-. The topological polar surface area (TPSA) is 64.4 Å². The first kappa shape index (κ1) is 15.0. The molecule has 17 heavy (non-hydrogen) atoms. The SMILES string of the molecule is C=C/C=C(/C)C(C(=C)/C=C\N=C(N)N)=C(C)C. The maximum Gasteiger partial charge on any atom is 0.190 e. The monoisotopic (exact) mass is 231 g/mol. The summed E-state index contributed by atoms with van der Waals surface area (Å²) < 4.78 is 0. The maximum absolute atomic E-state index is 5.23. The van der Waals surface area contributed by atoms with E-state index in [1.165, 1.54) is 5.57 Å². The highest BCUT2D eigenvalue weighted by Crippen LogP contribution is 2.22. The average Bonchev–Trinajstić information content (AvgIpc) is 2.16. The van der Waals surface area contributed by atoms with Crippen molar-refractivity contribution in [2.75, 3.05) is 0 Å². The molecule has 92 valence electrons. The minimum atomic E-state index is 0.0335. The highest BCUT2D eigenvalue weighted by atomic mass is 15.0. The molecule has 0 unspecified atom stereocenters. The normalized spacial score (nSPS) is 11.1. The summed E-state index contributed by atoms with van der Waals surface area (Å²) in [5.41, 5.74) is 14.7. The van der Waals surface area contributed by atoms with Crippen LogP contribution in [-0.4, -0.2) is 5.96 Å². The maximum atomic E-state index is 5.23. The molecule has 0 aromatic heterocycles. The van der Waals surface area contributed by atoms with Crippen molar-refractivity contribution >= 4 is 5.96 Å². The molecule has 0 atom stereocenters. The van der Waals surface area contributed by atoms with E-state index in [4.69, 9.17) is 11.5 Å². The van der Waals surface area contributed by atoms with Gasteiger partial charge in [0.2, 0.25) is 0 Å². The Morgan fingerprint density at radius 1 is 1.18 bits per heavy atom. The molecule has 0 fully saturated rings. The summed E-state index contributed by atoms with van der Waals surface area (Å²) in [6.07, 6.45) is 7.03. The molecule has 0 spiro atoms. The Hall–Kier alpha value is -2.03. The van der Waals surface area contributed by atoms with Crippen molar-refractivity contribution in [3.05, 3.63) is 59.9 Å². The number of hydrogen-bond donors (Lipinski definition) is 2. The van der Waals surface area contributed by atoms with Gasteiger partial charge >= 0.3 is 0 Å². The second kappa shape index (κ2) is 7.28. The molecule has 4 N–H and O–H groups in total. The summed E-state index contributed by atoms with van der Waals surface area (Å²) in [5.74, 6) is 0.0335. The van der Waals surface area contributed by atoms with Gasteiger partial charge in [0.15, 0.2) is 5.96 Å². The highest BCUT2D eigenvalue weighted by molar-refractivity contribution is 5.76. The molecule has 3 heteroatoms. The first-order valence-corrected chi connectivity index (χ1v) is 5.31. The van der Waals surface area contributed by atoms with Gasteiger partial charge in [0.25, 0.3) is 0 Å². The van der Waals surface area contributed by atoms with Crippen LogP contribution in [0.5, 0.6) is 0 Å². The van der Waals surface area contributed by atoms with Crippen molar-refractivity contribution in [3.8, 4) is 0 Å². The number of hydrogen-bond acceptors (Lipinski definition) is 1. The van der Waals surface area contributed by atoms with E-state index in [9.17, 15) is 0 Å². The number of guanidine groups is 1. The summed E-state index contributed by atoms with van der Waals surface area (Å²) in [6, 6.07) is 0. The lowest BCUT2D eigenvalue weighted by atomic mass is 9.95. The van der Waals surface area contributed by atoms with E-state index in [0.717, 1.165) is 16.7 Å². The number of allylic oxidation sites excluding steroid dienone is 7. The number of nitrogens with zero attached hydrogens (tertiary/aromatic N) is 1. The molecule has 0 rings (SSSR count). The minimum Gasteiger partial charge on any atom is -0.370 e. The first-order valence-electron chi connectivity index (χ1n) is 5.31. The van der Waals surface area contributed by atoms with Gasteiger partial charge in [-0.15, -0.1) is 0 Å². The predicted molar refractivity (Wildman–Crippen MR) is 76.4 cm³/mol. The third-order valence-corrected chi connectivity index (χ3v) is 2.08. The van der Waals surface area contributed by atoms with Crippen LogP contribution in [0.15, 0.2) is 64.9 Å². The van der Waals surface area contributed by atoms with E-state index in [1.807, 2.05) is 26.8 Å². The molecule has 0 aromatic rings. The van der Waals surface area contributed by atoms with Crippen LogP contribution in [0.1, 0.15) is 20.8 Å². The Bertz CT molecular complexity index is 413. The van der Waals surface area contributed by atoms with Crippen LogP contribution in [0, 0.1) is 0 Å². The van der Waals surface area contributed by atoms with Gasteiger partial charge in [0, 0.05) is 6.20 Å². The fourth-order valence-corrected chi connectivity index (χ4v) is 1.53. The smallest absolute Gasteiger partial charge is 0.190 e. The molecule has 0 aliphatic heterocycles. The van der Waals surface area contributed by atoms with Crippen LogP contribution in [0.25, 0.3) is 0 Å². The Morgan fingerprint density at radius 3 is 2.18 bits per heavy atom. The van der Waals surface area contributed by atoms with Crippen molar-refractivity contribution in [1.29, 1.82) is 0 Å². The van der Waals surface area contributed by atoms with Crippen LogP contribution < -0.4 is 11.5 Å². The van der Waals surface area contributed by atoms with Gasteiger partial charge in [-0.1, -0.05) is 30.9 Å². The van der Waals surface area contributed by atoms with E-state index in [1.54, 1.807) is 18.4 Å². The van der Waals surface area contributed by atoms with E-state index in [-0.39, 0.29) is 5.96 Å². The Labute approximate surface area is 104 Å². The molecule has 0 aliphatic rings.